The van der Waals surface area contributed by atoms with Crippen LogP contribution in [0.2, 0.25) is 0 Å². The molecule has 2 atom stereocenters. The number of carbonyl (C=O) groups is 1. The van der Waals surface area contributed by atoms with E-state index in [1.165, 1.54) is 77.0 Å². The second-order valence-electron chi connectivity index (χ2n) is 11.8. The molecule has 0 aromatic rings. The predicted molar refractivity (Wildman–Crippen MR) is 158 cm³/mol. The molecule has 0 aromatic heterocycles. The molecule has 0 spiro atoms. The van der Waals surface area contributed by atoms with Gasteiger partial charge >= 0.3 is 5.97 Å². The molecular weight excluding hydrogens is 517 g/mol. The fourth-order valence-electron chi connectivity index (χ4n) is 4.13. The van der Waals surface area contributed by atoms with E-state index in [9.17, 15) is 14.3 Å². The predicted octanol–water partition coefficient (Wildman–Crippen LogP) is 7.18. The first-order chi connectivity index (χ1) is 18.6. The van der Waals surface area contributed by atoms with Crippen molar-refractivity contribution in [3.8, 4) is 0 Å². The number of likely N-dealkylation sites (N-methyl/N-ethyl adjacent to an activating group) is 1. The number of carbonyl (C=O) groups excluding carboxylic acids is 1. The fraction of sp³-hybridized carbons (Fsp3) is 0.967. The van der Waals surface area contributed by atoms with Crippen LogP contribution < -0.4 is 4.89 Å². The Morgan fingerprint density at radius 1 is 0.692 bits per heavy atom. The van der Waals surface area contributed by atoms with E-state index in [4.69, 9.17) is 18.5 Å². The van der Waals surface area contributed by atoms with E-state index in [1.807, 2.05) is 21.1 Å². The Morgan fingerprint density at radius 2 is 1.18 bits per heavy atom. The van der Waals surface area contributed by atoms with E-state index in [2.05, 4.69) is 13.8 Å². The third-order valence-electron chi connectivity index (χ3n) is 6.66. The van der Waals surface area contributed by atoms with Crippen LogP contribution in [0, 0.1) is 0 Å². The molecule has 0 aliphatic rings. The van der Waals surface area contributed by atoms with Crippen molar-refractivity contribution in [1.82, 2.24) is 0 Å². The van der Waals surface area contributed by atoms with Gasteiger partial charge in [-0.1, -0.05) is 110 Å². The normalized spacial score (nSPS) is 14.3. The summed E-state index contributed by atoms with van der Waals surface area (Å²) < 4.78 is 33.9. The van der Waals surface area contributed by atoms with Crippen molar-refractivity contribution < 1.29 is 37.3 Å². The Morgan fingerprint density at radius 3 is 1.69 bits per heavy atom. The topological polar surface area (TPSA) is 94.1 Å². The molecule has 0 aromatic carbocycles. The summed E-state index contributed by atoms with van der Waals surface area (Å²) in [5, 5.41) is 0. The van der Waals surface area contributed by atoms with Crippen LogP contribution in [-0.2, 0) is 27.9 Å². The molecule has 39 heavy (non-hydrogen) atoms. The first kappa shape index (κ1) is 38.5. The number of nitrogens with zero attached hydrogens (tertiary/aromatic N) is 1. The summed E-state index contributed by atoms with van der Waals surface area (Å²) in [6, 6.07) is 0. The average molecular weight is 580 g/mol. The zero-order valence-corrected chi connectivity index (χ0v) is 27.0. The highest BCUT2D eigenvalue weighted by Crippen LogP contribution is 2.38. The molecule has 0 fully saturated rings. The van der Waals surface area contributed by atoms with Gasteiger partial charge in [-0.3, -0.25) is 9.36 Å². The quantitative estimate of drug-likeness (QED) is 0.0401. The van der Waals surface area contributed by atoms with Crippen LogP contribution in [0.1, 0.15) is 129 Å². The Bertz CT molecular complexity index is 613. The van der Waals surface area contributed by atoms with Crippen molar-refractivity contribution in [3.63, 3.8) is 0 Å². The molecule has 0 amide bonds. The summed E-state index contributed by atoms with van der Waals surface area (Å²) in [7, 11) is 1.36. The maximum Gasteiger partial charge on any atom is 0.306 e. The Kier molecular flexibility index (Phi) is 24.9. The maximum absolute atomic E-state index is 12.2. The third-order valence-corrected chi connectivity index (χ3v) is 7.62. The lowest BCUT2D eigenvalue weighted by atomic mass is 10.0. The third kappa shape index (κ3) is 28.8. The highest BCUT2D eigenvalue weighted by molar-refractivity contribution is 7.45. The highest BCUT2D eigenvalue weighted by atomic mass is 31.2. The summed E-state index contributed by atoms with van der Waals surface area (Å²) in [5.41, 5.74) is 0. The number of quaternary nitrogens is 1. The Hall–Kier alpha value is -0.500. The summed E-state index contributed by atoms with van der Waals surface area (Å²) in [4.78, 5) is 24.3. The molecule has 234 valence electrons. The van der Waals surface area contributed by atoms with Crippen LogP contribution in [0.5, 0.6) is 0 Å². The summed E-state index contributed by atoms with van der Waals surface area (Å²) in [6.45, 7) is 5.24. The van der Waals surface area contributed by atoms with Crippen molar-refractivity contribution in [2.75, 3.05) is 54.1 Å². The SMILES string of the molecule is CCCCCCCCCCCCCCCCOCC(COP(=O)([O-])OCC[N+](C)(C)C)OC(=O)CCCCC. The highest BCUT2D eigenvalue weighted by Gasteiger charge is 2.20. The number of hydrogen-bond donors (Lipinski definition) is 0. The summed E-state index contributed by atoms with van der Waals surface area (Å²) in [5.74, 6) is -0.358. The summed E-state index contributed by atoms with van der Waals surface area (Å²) >= 11 is 0. The number of ether oxygens (including phenoxy) is 2. The minimum absolute atomic E-state index is 0.0291. The van der Waals surface area contributed by atoms with Gasteiger partial charge in [0, 0.05) is 13.0 Å². The van der Waals surface area contributed by atoms with E-state index in [-0.39, 0.29) is 25.8 Å². The molecule has 0 rings (SSSR count). The van der Waals surface area contributed by atoms with Crippen molar-refractivity contribution in [3.05, 3.63) is 0 Å². The number of hydrogen-bond acceptors (Lipinski definition) is 7. The monoisotopic (exact) mass is 579 g/mol. The largest absolute Gasteiger partial charge is 0.756 e. The average Bonchev–Trinajstić information content (AvgIpc) is 2.86. The zero-order valence-electron chi connectivity index (χ0n) is 26.1. The van der Waals surface area contributed by atoms with E-state index in [1.54, 1.807) is 0 Å². The first-order valence-electron chi connectivity index (χ1n) is 15.8. The molecule has 2 unspecified atom stereocenters. The van der Waals surface area contributed by atoms with Crippen molar-refractivity contribution in [1.29, 1.82) is 0 Å². The second-order valence-corrected chi connectivity index (χ2v) is 13.2. The molecule has 0 N–H and O–H groups in total. The minimum Gasteiger partial charge on any atom is -0.756 e. The summed E-state index contributed by atoms with van der Waals surface area (Å²) in [6.07, 6.45) is 20.3. The molecule has 0 aliphatic carbocycles. The number of unbranched alkanes of at least 4 members (excludes halogenated alkanes) is 15. The van der Waals surface area contributed by atoms with Crippen LogP contribution >= 0.6 is 7.82 Å². The van der Waals surface area contributed by atoms with Crippen LogP contribution in [-0.4, -0.2) is 70.7 Å². The molecule has 0 aliphatic heterocycles. The maximum atomic E-state index is 12.2. The lowest BCUT2D eigenvalue weighted by molar-refractivity contribution is -0.870. The van der Waals surface area contributed by atoms with Gasteiger partial charge < -0.3 is 27.9 Å². The van der Waals surface area contributed by atoms with Gasteiger partial charge in [-0.25, -0.2) is 0 Å². The molecule has 9 heteroatoms. The lowest BCUT2D eigenvalue weighted by Crippen LogP contribution is -2.37. The van der Waals surface area contributed by atoms with Gasteiger partial charge in [-0.05, 0) is 12.8 Å². The van der Waals surface area contributed by atoms with Gasteiger partial charge in [-0.15, -0.1) is 0 Å². The van der Waals surface area contributed by atoms with E-state index in [0.717, 1.165) is 32.1 Å². The van der Waals surface area contributed by atoms with Crippen molar-refractivity contribution in [2.45, 2.75) is 136 Å². The van der Waals surface area contributed by atoms with Gasteiger partial charge in [-0.2, -0.15) is 0 Å². The number of phosphoric acid groups is 1. The zero-order chi connectivity index (χ0) is 29.2. The Balaban J connectivity index is 4.09. The van der Waals surface area contributed by atoms with E-state index in [0.29, 0.717) is 24.1 Å². The van der Waals surface area contributed by atoms with Crippen molar-refractivity contribution >= 4 is 13.8 Å². The van der Waals surface area contributed by atoms with Crippen LogP contribution in [0.3, 0.4) is 0 Å². The molecule has 0 saturated heterocycles. The van der Waals surface area contributed by atoms with Crippen molar-refractivity contribution in [2.24, 2.45) is 0 Å². The first-order valence-corrected chi connectivity index (χ1v) is 17.2. The smallest absolute Gasteiger partial charge is 0.306 e. The van der Waals surface area contributed by atoms with E-state index >= 15 is 0 Å². The fourth-order valence-corrected chi connectivity index (χ4v) is 4.86. The van der Waals surface area contributed by atoms with Gasteiger partial charge in [0.05, 0.1) is 34.4 Å². The molecule has 0 radical (unpaired) electrons. The molecular formula is C30H62NO7P. The number of rotatable bonds is 29. The molecule has 0 heterocycles. The minimum atomic E-state index is -4.48. The number of phosphoric ester groups is 1. The number of esters is 1. The standard InChI is InChI=1S/C30H62NO7P/c1-6-8-10-11-12-13-14-15-16-17-18-19-20-22-25-35-27-29(38-30(32)23-21-9-7-2)28-37-39(33,34)36-26-24-31(3,4)5/h29H,6-28H2,1-5H3. The van der Waals surface area contributed by atoms with E-state index < -0.39 is 13.9 Å². The van der Waals surface area contributed by atoms with Gasteiger partial charge in [0.1, 0.15) is 19.3 Å². The Labute approximate surface area is 240 Å². The van der Waals surface area contributed by atoms with Crippen LogP contribution in [0.15, 0.2) is 0 Å². The van der Waals surface area contributed by atoms with Gasteiger partial charge in [0.25, 0.3) is 7.82 Å². The lowest BCUT2D eigenvalue weighted by Gasteiger charge is -2.28. The molecule has 0 saturated carbocycles. The van der Waals surface area contributed by atoms with Gasteiger partial charge in [0.2, 0.25) is 0 Å². The molecule has 0 bridgehead atoms. The van der Waals surface area contributed by atoms with Gasteiger partial charge in [0.15, 0.2) is 0 Å². The molecule has 8 nitrogen and oxygen atoms in total. The van der Waals surface area contributed by atoms with Crippen LogP contribution in [0.25, 0.3) is 0 Å². The van der Waals surface area contributed by atoms with Crippen LogP contribution in [0.4, 0.5) is 0 Å². The second kappa shape index (κ2) is 25.2.